The fourth-order valence-electron chi connectivity index (χ4n) is 1.81. The Labute approximate surface area is 131 Å². The van der Waals surface area contributed by atoms with Crippen molar-refractivity contribution in [2.75, 3.05) is 18.9 Å². The number of nitrogens with zero attached hydrogens (tertiary/aromatic N) is 1. The largest absolute Gasteiger partial charge is 0.324 e. The Bertz CT molecular complexity index is 483. The number of rotatable bonds is 4. The molecule has 0 heterocycles. The first-order valence-electron chi connectivity index (χ1n) is 6.56. The van der Waals surface area contributed by atoms with E-state index in [2.05, 4.69) is 33.0 Å². The highest BCUT2D eigenvalue weighted by Gasteiger charge is 2.25. The van der Waals surface area contributed by atoms with Crippen molar-refractivity contribution in [3.63, 3.8) is 0 Å². The second-order valence-corrected chi connectivity index (χ2v) is 6.97. The molecule has 0 bridgehead atoms. The van der Waals surface area contributed by atoms with Crippen LogP contribution in [-0.2, 0) is 4.79 Å². The highest BCUT2D eigenvalue weighted by Crippen LogP contribution is 2.26. The maximum absolute atomic E-state index is 12.1. The summed E-state index contributed by atoms with van der Waals surface area (Å²) in [6.07, 6.45) is 0. The number of amides is 1. The first-order valence-corrected chi connectivity index (χ1v) is 7.32. The zero-order valence-electron chi connectivity index (χ0n) is 12.6. The maximum Gasteiger partial charge on any atom is 0.238 e. The number of carbonyl (C=O) groups excluding carboxylic acids is 1. The van der Waals surface area contributed by atoms with E-state index >= 15 is 0 Å². The fraction of sp³-hybridized carbons (Fsp3) is 0.533. The van der Waals surface area contributed by atoms with Crippen molar-refractivity contribution >= 4 is 34.8 Å². The van der Waals surface area contributed by atoms with Crippen molar-refractivity contribution in [1.29, 1.82) is 0 Å². The molecule has 1 aromatic rings. The topological polar surface area (TPSA) is 32.3 Å². The van der Waals surface area contributed by atoms with Crippen molar-refractivity contribution in [3.05, 3.63) is 28.2 Å². The average Bonchev–Trinajstić information content (AvgIpc) is 2.31. The SMILES string of the molecule is CC(N(C)CC(=O)Nc1cc(Cl)ccc1Cl)C(C)(C)C. The Morgan fingerprint density at radius 2 is 1.95 bits per heavy atom. The van der Waals surface area contributed by atoms with Crippen LogP contribution in [0.25, 0.3) is 0 Å². The molecule has 1 unspecified atom stereocenters. The van der Waals surface area contributed by atoms with Gasteiger partial charge in [-0.05, 0) is 37.6 Å². The number of halogens is 2. The van der Waals surface area contributed by atoms with Crippen LogP contribution in [0, 0.1) is 5.41 Å². The predicted octanol–water partition coefficient (Wildman–Crippen LogP) is 4.30. The molecule has 1 amide bonds. The van der Waals surface area contributed by atoms with Crippen LogP contribution >= 0.6 is 23.2 Å². The standard InChI is InChI=1S/C15H22Cl2N2O/c1-10(15(2,3)4)19(5)9-14(20)18-13-8-11(16)6-7-12(13)17/h6-8,10H,9H2,1-5H3,(H,18,20). The number of likely N-dealkylation sites (N-methyl/N-ethyl adjacent to an activating group) is 1. The summed E-state index contributed by atoms with van der Waals surface area (Å²) in [5, 5.41) is 3.81. The van der Waals surface area contributed by atoms with E-state index in [9.17, 15) is 4.79 Å². The van der Waals surface area contributed by atoms with Crippen LogP contribution in [0.4, 0.5) is 5.69 Å². The minimum atomic E-state index is -0.104. The number of hydrogen-bond acceptors (Lipinski definition) is 2. The lowest BCUT2D eigenvalue weighted by molar-refractivity contribution is -0.117. The molecule has 0 saturated heterocycles. The molecule has 0 aliphatic carbocycles. The van der Waals surface area contributed by atoms with Crippen LogP contribution in [0.5, 0.6) is 0 Å². The molecule has 5 heteroatoms. The quantitative estimate of drug-likeness (QED) is 0.898. The molecule has 0 fully saturated rings. The summed E-state index contributed by atoms with van der Waals surface area (Å²) >= 11 is 11.9. The molecule has 0 saturated carbocycles. The monoisotopic (exact) mass is 316 g/mol. The van der Waals surface area contributed by atoms with Crippen LogP contribution in [0.3, 0.4) is 0 Å². The Morgan fingerprint density at radius 1 is 1.35 bits per heavy atom. The summed E-state index contributed by atoms with van der Waals surface area (Å²) in [7, 11) is 1.94. The summed E-state index contributed by atoms with van der Waals surface area (Å²) in [6.45, 7) is 8.88. The Hall–Kier alpha value is -0.770. The fourth-order valence-corrected chi connectivity index (χ4v) is 2.14. The van der Waals surface area contributed by atoms with E-state index in [1.165, 1.54) is 0 Å². The van der Waals surface area contributed by atoms with E-state index in [0.717, 1.165) is 0 Å². The van der Waals surface area contributed by atoms with Gasteiger partial charge in [-0.25, -0.2) is 0 Å². The molecule has 3 nitrogen and oxygen atoms in total. The zero-order valence-corrected chi connectivity index (χ0v) is 14.1. The summed E-state index contributed by atoms with van der Waals surface area (Å²) in [4.78, 5) is 14.1. The molecule has 1 N–H and O–H groups in total. The third kappa shape index (κ3) is 4.97. The van der Waals surface area contributed by atoms with Crippen LogP contribution in [-0.4, -0.2) is 30.4 Å². The van der Waals surface area contributed by atoms with E-state index in [1.54, 1.807) is 18.2 Å². The van der Waals surface area contributed by atoms with Crippen LogP contribution < -0.4 is 5.32 Å². The number of benzene rings is 1. The summed E-state index contributed by atoms with van der Waals surface area (Å²) in [5.41, 5.74) is 0.656. The van der Waals surface area contributed by atoms with Gasteiger partial charge in [0.05, 0.1) is 17.3 Å². The van der Waals surface area contributed by atoms with Crippen molar-refractivity contribution < 1.29 is 4.79 Å². The van der Waals surface area contributed by atoms with Gasteiger partial charge in [0, 0.05) is 11.1 Å². The van der Waals surface area contributed by atoms with Gasteiger partial charge in [0.2, 0.25) is 5.91 Å². The normalized spacial score (nSPS) is 13.4. The summed E-state index contributed by atoms with van der Waals surface area (Å²) < 4.78 is 0. The molecule has 112 valence electrons. The molecule has 1 aromatic carbocycles. The van der Waals surface area contributed by atoms with E-state index in [4.69, 9.17) is 23.2 Å². The number of nitrogens with one attached hydrogen (secondary N) is 1. The molecule has 0 aliphatic rings. The Kier molecular flexibility index (Phi) is 5.87. The first kappa shape index (κ1) is 17.3. The van der Waals surface area contributed by atoms with Gasteiger partial charge in [-0.15, -0.1) is 0 Å². The van der Waals surface area contributed by atoms with Crippen molar-refractivity contribution in [2.24, 2.45) is 5.41 Å². The lowest BCUT2D eigenvalue weighted by Gasteiger charge is -2.34. The minimum absolute atomic E-state index is 0.104. The van der Waals surface area contributed by atoms with Gasteiger partial charge < -0.3 is 5.32 Å². The molecular weight excluding hydrogens is 295 g/mol. The first-order chi connectivity index (χ1) is 9.11. The number of carbonyl (C=O) groups is 1. The van der Waals surface area contributed by atoms with Crippen LogP contribution in [0.1, 0.15) is 27.7 Å². The van der Waals surface area contributed by atoms with Gasteiger partial charge in [-0.2, -0.15) is 0 Å². The van der Waals surface area contributed by atoms with E-state index in [1.807, 2.05) is 11.9 Å². The summed E-state index contributed by atoms with van der Waals surface area (Å²) in [5.74, 6) is -0.104. The van der Waals surface area contributed by atoms with E-state index < -0.39 is 0 Å². The van der Waals surface area contributed by atoms with Gasteiger partial charge in [0.1, 0.15) is 0 Å². The van der Waals surface area contributed by atoms with Gasteiger partial charge in [0.25, 0.3) is 0 Å². The van der Waals surface area contributed by atoms with Gasteiger partial charge in [-0.1, -0.05) is 44.0 Å². The third-order valence-corrected chi connectivity index (χ3v) is 4.07. The molecule has 20 heavy (non-hydrogen) atoms. The zero-order chi connectivity index (χ0) is 15.5. The Morgan fingerprint density at radius 3 is 2.50 bits per heavy atom. The van der Waals surface area contributed by atoms with Crippen molar-refractivity contribution in [1.82, 2.24) is 4.90 Å². The second-order valence-electron chi connectivity index (χ2n) is 6.13. The molecule has 0 radical (unpaired) electrons. The van der Waals surface area contributed by atoms with Crippen molar-refractivity contribution in [3.8, 4) is 0 Å². The third-order valence-electron chi connectivity index (χ3n) is 3.51. The van der Waals surface area contributed by atoms with Gasteiger partial charge >= 0.3 is 0 Å². The average molecular weight is 317 g/mol. The second kappa shape index (κ2) is 6.79. The van der Waals surface area contributed by atoms with Gasteiger partial charge in [0.15, 0.2) is 0 Å². The van der Waals surface area contributed by atoms with E-state index in [0.29, 0.717) is 22.3 Å². The van der Waals surface area contributed by atoms with Gasteiger partial charge in [-0.3, -0.25) is 9.69 Å². The molecule has 0 aliphatic heterocycles. The van der Waals surface area contributed by atoms with Crippen molar-refractivity contribution in [2.45, 2.75) is 33.7 Å². The predicted molar refractivity (Wildman–Crippen MR) is 86.6 cm³/mol. The summed E-state index contributed by atoms with van der Waals surface area (Å²) in [6, 6.07) is 5.28. The van der Waals surface area contributed by atoms with E-state index in [-0.39, 0.29) is 17.4 Å². The number of hydrogen-bond donors (Lipinski definition) is 1. The highest BCUT2D eigenvalue weighted by atomic mass is 35.5. The smallest absolute Gasteiger partial charge is 0.238 e. The molecular formula is C15H22Cl2N2O. The lowest BCUT2D eigenvalue weighted by Crippen LogP contribution is -2.43. The minimum Gasteiger partial charge on any atom is -0.324 e. The Balaban J connectivity index is 2.66. The maximum atomic E-state index is 12.1. The molecule has 0 spiro atoms. The van der Waals surface area contributed by atoms with Crippen LogP contribution in [0.15, 0.2) is 18.2 Å². The molecule has 1 atom stereocenters. The highest BCUT2D eigenvalue weighted by molar-refractivity contribution is 6.35. The molecule has 0 aromatic heterocycles. The lowest BCUT2D eigenvalue weighted by atomic mass is 9.87. The van der Waals surface area contributed by atoms with Crippen LogP contribution in [0.2, 0.25) is 10.0 Å². The molecule has 1 rings (SSSR count). The number of anilines is 1.